The first-order valence-corrected chi connectivity index (χ1v) is 9.44. The maximum Gasteiger partial charge on any atom is 0.138 e. The first-order chi connectivity index (χ1) is 12.1. The quantitative estimate of drug-likeness (QED) is 0.663. The molecule has 0 fully saturated rings. The molecule has 1 aromatic carbocycles. The van der Waals surface area contributed by atoms with Gasteiger partial charge in [-0.3, -0.25) is 0 Å². The molecule has 0 spiro atoms. The van der Waals surface area contributed by atoms with E-state index >= 15 is 0 Å². The van der Waals surface area contributed by atoms with E-state index in [0.717, 1.165) is 34.4 Å². The topological polar surface area (TPSA) is 78.3 Å². The van der Waals surface area contributed by atoms with Crippen LogP contribution in [0.1, 0.15) is 41.9 Å². The number of aromatic nitrogens is 2. The van der Waals surface area contributed by atoms with E-state index in [1.807, 2.05) is 6.92 Å². The minimum atomic E-state index is -0.694. The number of aryl methyl sites for hydroxylation is 2. The zero-order valence-corrected chi connectivity index (χ0v) is 14.9. The highest BCUT2D eigenvalue weighted by molar-refractivity contribution is 7.19. The van der Waals surface area contributed by atoms with E-state index < -0.39 is 6.10 Å². The SMILES string of the molecule is C[C@@H](Nc1ncnc2sc3c(c12)CCCC3)[C@H](O)c1ccc(O)cc1. The maximum absolute atomic E-state index is 10.6. The van der Waals surface area contributed by atoms with E-state index in [1.165, 1.54) is 23.3 Å². The second-order valence-electron chi connectivity index (χ2n) is 6.58. The van der Waals surface area contributed by atoms with E-state index in [1.54, 1.807) is 41.9 Å². The van der Waals surface area contributed by atoms with Crippen molar-refractivity contribution in [2.45, 2.75) is 44.8 Å². The highest BCUT2D eigenvalue weighted by Gasteiger charge is 2.22. The van der Waals surface area contributed by atoms with Gasteiger partial charge in [0, 0.05) is 4.88 Å². The van der Waals surface area contributed by atoms with Crippen LogP contribution >= 0.6 is 11.3 Å². The van der Waals surface area contributed by atoms with Gasteiger partial charge in [-0.05, 0) is 55.9 Å². The monoisotopic (exact) mass is 355 g/mol. The summed E-state index contributed by atoms with van der Waals surface area (Å²) in [6, 6.07) is 6.43. The van der Waals surface area contributed by atoms with Crippen molar-refractivity contribution >= 4 is 27.4 Å². The molecular formula is C19H21N3O2S. The normalized spacial score (nSPS) is 16.4. The fourth-order valence-corrected chi connectivity index (χ4v) is 4.68. The summed E-state index contributed by atoms with van der Waals surface area (Å²) < 4.78 is 0. The Hall–Kier alpha value is -2.18. The number of phenols is 1. The van der Waals surface area contributed by atoms with Crippen LogP contribution in [-0.4, -0.2) is 26.2 Å². The average molecular weight is 355 g/mol. The summed E-state index contributed by atoms with van der Waals surface area (Å²) >= 11 is 1.77. The van der Waals surface area contributed by atoms with Crippen molar-refractivity contribution in [3.8, 4) is 5.75 Å². The molecule has 5 nitrogen and oxygen atoms in total. The third-order valence-corrected chi connectivity index (χ3v) is 6.02. The van der Waals surface area contributed by atoms with Gasteiger partial charge in [-0.1, -0.05) is 12.1 Å². The zero-order valence-electron chi connectivity index (χ0n) is 14.1. The molecule has 3 N–H and O–H groups in total. The van der Waals surface area contributed by atoms with E-state index in [2.05, 4.69) is 15.3 Å². The number of fused-ring (bicyclic) bond motifs is 3. The summed E-state index contributed by atoms with van der Waals surface area (Å²) in [7, 11) is 0. The predicted molar refractivity (Wildman–Crippen MR) is 100 cm³/mol. The molecule has 6 heteroatoms. The van der Waals surface area contributed by atoms with Crippen LogP contribution in [0.5, 0.6) is 5.75 Å². The number of nitrogens with zero attached hydrogens (tertiary/aromatic N) is 2. The second-order valence-corrected chi connectivity index (χ2v) is 7.67. The molecule has 0 saturated heterocycles. The number of aliphatic hydroxyl groups excluding tert-OH is 1. The molecular weight excluding hydrogens is 334 g/mol. The number of hydrogen-bond acceptors (Lipinski definition) is 6. The molecule has 0 unspecified atom stereocenters. The highest BCUT2D eigenvalue weighted by Crippen LogP contribution is 2.38. The van der Waals surface area contributed by atoms with Crippen LogP contribution in [0.3, 0.4) is 0 Å². The fraction of sp³-hybridized carbons (Fsp3) is 0.368. The number of anilines is 1. The number of thiophene rings is 1. The predicted octanol–water partition coefficient (Wildman–Crippen LogP) is 3.81. The standard InChI is InChI=1S/C19H21N3O2S/c1-11(17(24)12-6-8-13(23)9-7-12)22-18-16-14-4-2-3-5-15(14)25-19(16)21-10-20-18/h6-11,17,23-24H,2-5H2,1H3,(H,20,21,22)/t11-,17+/m1/s1. The highest BCUT2D eigenvalue weighted by atomic mass is 32.1. The number of phenolic OH excluding ortho intramolecular Hbond substituents is 1. The van der Waals surface area contributed by atoms with E-state index in [9.17, 15) is 10.2 Å². The Bertz CT molecular complexity index is 892. The van der Waals surface area contributed by atoms with Crippen molar-refractivity contribution in [1.29, 1.82) is 0 Å². The van der Waals surface area contributed by atoms with Crippen LogP contribution in [0.4, 0.5) is 5.82 Å². The maximum atomic E-state index is 10.6. The summed E-state index contributed by atoms with van der Waals surface area (Å²) in [5.74, 6) is 0.994. The summed E-state index contributed by atoms with van der Waals surface area (Å²) in [5, 5.41) is 24.5. The first-order valence-electron chi connectivity index (χ1n) is 8.62. The Kier molecular flexibility index (Phi) is 4.31. The minimum Gasteiger partial charge on any atom is -0.508 e. The van der Waals surface area contributed by atoms with Gasteiger partial charge in [-0.25, -0.2) is 9.97 Å². The van der Waals surface area contributed by atoms with Crippen LogP contribution in [0, 0.1) is 0 Å². The molecule has 130 valence electrons. The molecule has 25 heavy (non-hydrogen) atoms. The van der Waals surface area contributed by atoms with E-state index in [0.29, 0.717) is 0 Å². The van der Waals surface area contributed by atoms with Crippen molar-refractivity contribution in [3.05, 3.63) is 46.6 Å². The van der Waals surface area contributed by atoms with Crippen LogP contribution in [-0.2, 0) is 12.8 Å². The molecule has 0 saturated carbocycles. The van der Waals surface area contributed by atoms with Gasteiger partial charge in [-0.2, -0.15) is 0 Å². The van der Waals surface area contributed by atoms with Crippen LogP contribution in [0.2, 0.25) is 0 Å². The molecule has 2 aromatic heterocycles. The Morgan fingerprint density at radius 1 is 1.12 bits per heavy atom. The summed E-state index contributed by atoms with van der Waals surface area (Å²) in [4.78, 5) is 11.3. The molecule has 1 aliphatic carbocycles. The lowest BCUT2D eigenvalue weighted by atomic mass is 9.97. The minimum absolute atomic E-state index is 0.193. The number of benzene rings is 1. The van der Waals surface area contributed by atoms with Crippen molar-refractivity contribution in [3.63, 3.8) is 0 Å². The number of aliphatic hydroxyl groups is 1. The van der Waals surface area contributed by atoms with Gasteiger partial charge in [0.15, 0.2) is 0 Å². The average Bonchev–Trinajstić information content (AvgIpc) is 3.01. The van der Waals surface area contributed by atoms with Gasteiger partial charge in [0.1, 0.15) is 22.7 Å². The molecule has 0 aliphatic heterocycles. The molecule has 0 bridgehead atoms. The summed E-state index contributed by atoms with van der Waals surface area (Å²) in [5.41, 5.74) is 2.14. The lowest BCUT2D eigenvalue weighted by Gasteiger charge is -2.22. The third kappa shape index (κ3) is 3.07. The third-order valence-electron chi connectivity index (χ3n) is 4.82. The molecule has 2 atom stereocenters. The summed E-state index contributed by atoms with van der Waals surface area (Å²) in [6.07, 6.45) is 5.55. The number of hydrogen-bond donors (Lipinski definition) is 3. The van der Waals surface area contributed by atoms with Crippen LogP contribution in [0.15, 0.2) is 30.6 Å². The Morgan fingerprint density at radius 2 is 1.88 bits per heavy atom. The Morgan fingerprint density at radius 3 is 2.68 bits per heavy atom. The molecule has 0 amide bonds. The van der Waals surface area contributed by atoms with Crippen LogP contribution < -0.4 is 5.32 Å². The lowest BCUT2D eigenvalue weighted by molar-refractivity contribution is 0.160. The fourth-order valence-electron chi connectivity index (χ4n) is 3.45. The van der Waals surface area contributed by atoms with Gasteiger partial charge in [0.05, 0.1) is 17.5 Å². The van der Waals surface area contributed by atoms with Crippen molar-refractivity contribution < 1.29 is 10.2 Å². The Balaban J connectivity index is 1.63. The number of aromatic hydroxyl groups is 1. The van der Waals surface area contributed by atoms with Gasteiger partial charge in [0.2, 0.25) is 0 Å². The van der Waals surface area contributed by atoms with E-state index in [4.69, 9.17) is 0 Å². The Labute approximate surface area is 150 Å². The lowest BCUT2D eigenvalue weighted by Crippen LogP contribution is -2.24. The van der Waals surface area contributed by atoms with Gasteiger partial charge in [0.25, 0.3) is 0 Å². The van der Waals surface area contributed by atoms with Crippen molar-refractivity contribution in [2.24, 2.45) is 0 Å². The zero-order chi connectivity index (χ0) is 17.4. The molecule has 1 aliphatic rings. The van der Waals surface area contributed by atoms with Gasteiger partial charge < -0.3 is 15.5 Å². The smallest absolute Gasteiger partial charge is 0.138 e. The first kappa shape index (κ1) is 16.3. The largest absolute Gasteiger partial charge is 0.508 e. The van der Waals surface area contributed by atoms with Crippen molar-refractivity contribution in [1.82, 2.24) is 9.97 Å². The number of nitrogens with one attached hydrogen (secondary N) is 1. The van der Waals surface area contributed by atoms with E-state index in [-0.39, 0.29) is 11.8 Å². The van der Waals surface area contributed by atoms with Crippen molar-refractivity contribution in [2.75, 3.05) is 5.32 Å². The number of rotatable bonds is 4. The summed E-state index contributed by atoms with van der Waals surface area (Å²) in [6.45, 7) is 1.93. The molecule has 2 heterocycles. The van der Waals surface area contributed by atoms with Gasteiger partial charge >= 0.3 is 0 Å². The molecule has 0 radical (unpaired) electrons. The molecule has 3 aromatic rings. The van der Waals surface area contributed by atoms with Crippen LogP contribution in [0.25, 0.3) is 10.2 Å². The second kappa shape index (κ2) is 6.61. The molecule has 4 rings (SSSR count). The van der Waals surface area contributed by atoms with Gasteiger partial charge in [-0.15, -0.1) is 11.3 Å².